The Bertz CT molecular complexity index is 915. The average Bonchev–Trinajstić information content (AvgIpc) is 2.76. The summed E-state index contributed by atoms with van der Waals surface area (Å²) < 4.78 is 0. The van der Waals surface area contributed by atoms with E-state index in [1.165, 1.54) is 0 Å². The summed E-state index contributed by atoms with van der Waals surface area (Å²) in [5.41, 5.74) is 4.12. The Morgan fingerprint density at radius 1 is 0.821 bits per heavy atom. The van der Waals surface area contributed by atoms with Crippen LogP contribution in [0.2, 0.25) is 5.02 Å². The molecule has 0 aromatic heterocycles. The van der Waals surface area contributed by atoms with Gasteiger partial charge in [0.2, 0.25) is 0 Å². The molecule has 0 spiro atoms. The number of piperidine rings is 1. The van der Waals surface area contributed by atoms with Gasteiger partial charge in [-0.25, -0.2) is 0 Å². The molecule has 1 aliphatic heterocycles. The molecule has 0 radical (unpaired) electrons. The number of nitrogens with one attached hydrogen (secondary N) is 1. The van der Waals surface area contributed by atoms with E-state index < -0.39 is 0 Å². The van der Waals surface area contributed by atoms with Crippen LogP contribution in [0.25, 0.3) is 11.1 Å². The van der Waals surface area contributed by atoms with Crippen LogP contribution in [-0.4, -0.2) is 29.9 Å². The Balaban J connectivity index is 1.34. The zero-order chi connectivity index (χ0) is 19.3. The lowest BCUT2D eigenvalue weighted by Crippen LogP contribution is -2.42. The van der Waals surface area contributed by atoms with Crippen molar-refractivity contribution in [2.75, 3.05) is 18.4 Å². The summed E-state index contributed by atoms with van der Waals surface area (Å²) in [6.45, 7) is 1.54. The van der Waals surface area contributed by atoms with Crippen LogP contribution in [-0.2, 0) is 0 Å². The zero-order valence-corrected chi connectivity index (χ0v) is 16.4. The number of carbonyl (C=O) groups excluding carboxylic acids is 1. The molecule has 1 saturated heterocycles. The first-order valence-corrected chi connectivity index (χ1v) is 10.0. The fraction of sp³-hybridized carbons (Fsp3) is 0.208. The lowest BCUT2D eigenvalue weighted by molar-refractivity contribution is 0.0718. The number of carbonyl (C=O) groups is 1. The molecule has 0 saturated carbocycles. The van der Waals surface area contributed by atoms with Gasteiger partial charge in [0.1, 0.15) is 0 Å². The number of halogens is 1. The second-order valence-electron chi connectivity index (χ2n) is 7.16. The molecule has 1 amide bonds. The van der Waals surface area contributed by atoms with Gasteiger partial charge < -0.3 is 10.2 Å². The molecule has 3 nitrogen and oxygen atoms in total. The highest BCUT2D eigenvalue weighted by atomic mass is 35.5. The first kappa shape index (κ1) is 18.6. The van der Waals surface area contributed by atoms with Crippen LogP contribution in [0, 0.1) is 0 Å². The van der Waals surface area contributed by atoms with Crippen LogP contribution in [0.1, 0.15) is 23.2 Å². The van der Waals surface area contributed by atoms with Crippen molar-refractivity contribution in [2.24, 2.45) is 0 Å². The molecule has 0 unspecified atom stereocenters. The number of amides is 1. The Kier molecular flexibility index (Phi) is 5.63. The highest BCUT2D eigenvalue weighted by molar-refractivity contribution is 6.30. The molecule has 0 aliphatic carbocycles. The summed E-state index contributed by atoms with van der Waals surface area (Å²) >= 11 is 5.94. The van der Waals surface area contributed by atoms with E-state index in [4.69, 9.17) is 11.6 Å². The standard InChI is InChI=1S/C24H23ClN2O/c25-21-10-12-22(13-11-21)26-23-14-16-27(17-15-23)24(28)20-8-6-19(7-9-20)18-4-2-1-3-5-18/h1-13,23,26H,14-17H2. The smallest absolute Gasteiger partial charge is 0.253 e. The molecule has 1 fully saturated rings. The Hall–Kier alpha value is -2.78. The van der Waals surface area contributed by atoms with Crippen LogP contribution in [0.5, 0.6) is 0 Å². The van der Waals surface area contributed by atoms with E-state index in [0.717, 1.165) is 53.3 Å². The first-order chi connectivity index (χ1) is 13.7. The van der Waals surface area contributed by atoms with Crippen LogP contribution >= 0.6 is 11.6 Å². The number of likely N-dealkylation sites (tertiary alicyclic amines) is 1. The molecule has 3 aromatic carbocycles. The predicted molar refractivity (Wildman–Crippen MR) is 116 cm³/mol. The summed E-state index contributed by atoms with van der Waals surface area (Å²) in [5, 5.41) is 4.28. The minimum absolute atomic E-state index is 0.115. The van der Waals surface area contributed by atoms with Gasteiger partial charge in [0, 0.05) is 35.4 Å². The maximum Gasteiger partial charge on any atom is 0.253 e. The minimum atomic E-state index is 0.115. The molecule has 1 heterocycles. The second kappa shape index (κ2) is 8.49. The van der Waals surface area contributed by atoms with E-state index in [2.05, 4.69) is 17.4 Å². The maximum atomic E-state index is 12.8. The third-order valence-electron chi connectivity index (χ3n) is 5.24. The van der Waals surface area contributed by atoms with Crippen LogP contribution in [0.3, 0.4) is 0 Å². The molecule has 28 heavy (non-hydrogen) atoms. The summed E-state index contributed by atoms with van der Waals surface area (Å²) in [6.07, 6.45) is 1.88. The van der Waals surface area contributed by atoms with E-state index in [1.54, 1.807) is 0 Å². The number of nitrogens with zero attached hydrogens (tertiary/aromatic N) is 1. The molecular weight excluding hydrogens is 368 g/mol. The van der Waals surface area contributed by atoms with Gasteiger partial charge in [-0.3, -0.25) is 4.79 Å². The molecule has 142 valence electrons. The van der Waals surface area contributed by atoms with E-state index in [9.17, 15) is 4.79 Å². The summed E-state index contributed by atoms with van der Waals surface area (Å²) in [7, 11) is 0. The molecule has 3 aromatic rings. The third kappa shape index (κ3) is 4.37. The Morgan fingerprint density at radius 3 is 2.07 bits per heavy atom. The predicted octanol–water partition coefficient (Wildman–Crippen LogP) is 5.72. The second-order valence-corrected chi connectivity index (χ2v) is 7.60. The molecule has 1 aliphatic rings. The molecule has 4 heteroatoms. The van der Waals surface area contributed by atoms with Gasteiger partial charge in [0.25, 0.3) is 5.91 Å². The molecule has 0 atom stereocenters. The van der Waals surface area contributed by atoms with Gasteiger partial charge in [0.15, 0.2) is 0 Å². The minimum Gasteiger partial charge on any atom is -0.382 e. The van der Waals surface area contributed by atoms with Crippen molar-refractivity contribution in [2.45, 2.75) is 18.9 Å². The van der Waals surface area contributed by atoms with Crippen molar-refractivity contribution in [3.05, 3.63) is 89.4 Å². The zero-order valence-electron chi connectivity index (χ0n) is 15.6. The molecule has 1 N–H and O–H groups in total. The van der Waals surface area contributed by atoms with Crippen molar-refractivity contribution >= 4 is 23.2 Å². The van der Waals surface area contributed by atoms with Gasteiger partial charge in [-0.1, -0.05) is 54.1 Å². The molecule has 4 rings (SSSR count). The van der Waals surface area contributed by atoms with E-state index in [0.29, 0.717) is 6.04 Å². The third-order valence-corrected chi connectivity index (χ3v) is 5.49. The van der Waals surface area contributed by atoms with Crippen molar-refractivity contribution in [3.63, 3.8) is 0 Å². The Labute approximate surface area is 171 Å². The van der Waals surface area contributed by atoms with Crippen molar-refractivity contribution in [3.8, 4) is 11.1 Å². The van der Waals surface area contributed by atoms with Gasteiger partial charge in [-0.05, 0) is 60.4 Å². The summed E-state index contributed by atoms with van der Waals surface area (Å²) in [4.78, 5) is 14.8. The fourth-order valence-electron chi connectivity index (χ4n) is 3.63. The van der Waals surface area contributed by atoms with Crippen molar-refractivity contribution in [1.29, 1.82) is 0 Å². The van der Waals surface area contributed by atoms with Crippen LogP contribution in [0.4, 0.5) is 5.69 Å². The number of rotatable bonds is 4. The van der Waals surface area contributed by atoms with Gasteiger partial charge in [-0.15, -0.1) is 0 Å². The van der Waals surface area contributed by atoms with Crippen molar-refractivity contribution < 1.29 is 4.79 Å². The van der Waals surface area contributed by atoms with E-state index in [-0.39, 0.29) is 5.91 Å². The van der Waals surface area contributed by atoms with Gasteiger partial charge in [-0.2, -0.15) is 0 Å². The SMILES string of the molecule is O=C(c1ccc(-c2ccccc2)cc1)N1CCC(Nc2ccc(Cl)cc2)CC1. The average molecular weight is 391 g/mol. The fourth-order valence-corrected chi connectivity index (χ4v) is 3.75. The quantitative estimate of drug-likeness (QED) is 0.617. The van der Waals surface area contributed by atoms with Gasteiger partial charge in [0.05, 0.1) is 0 Å². The van der Waals surface area contributed by atoms with Crippen molar-refractivity contribution in [1.82, 2.24) is 4.90 Å². The van der Waals surface area contributed by atoms with E-state index in [1.807, 2.05) is 71.6 Å². The summed E-state index contributed by atoms with van der Waals surface area (Å²) in [5.74, 6) is 0.115. The first-order valence-electron chi connectivity index (χ1n) is 9.66. The number of hydrogen-bond acceptors (Lipinski definition) is 2. The van der Waals surface area contributed by atoms with Gasteiger partial charge >= 0.3 is 0 Å². The lowest BCUT2D eigenvalue weighted by Gasteiger charge is -2.33. The molecular formula is C24H23ClN2O. The summed E-state index contributed by atoms with van der Waals surface area (Å²) in [6, 6.07) is 26.3. The number of hydrogen-bond donors (Lipinski definition) is 1. The normalized spacial score (nSPS) is 14.7. The van der Waals surface area contributed by atoms with Crippen LogP contribution < -0.4 is 5.32 Å². The largest absolute Gasteiger partial charge is 0.382 e. The Morgan fingerprint density at radius 2 is 1.43 bits per heavy atom. The highest BCUT2D eigenvalue weighted by Crippen LogP contribution is 2.22. The molecule has 0 bridgehead atoms. The maximum absolute atomic E-state index is 12.8. The lowest BCUT2D eigenvalue weighted by atomic mass is 10.0. The van der Waals surface area contributed by atoms with Crippen LogP contribution in [0.15, 0.2) is 78.9 Å². The monoisotopic (exact) mass is 390 g/mol. The number of benzene rings is 3. The highest BCUT2D eigenvalue weighted by Gasteiger charge is 2.23. The topological polar surface area (TPSA) is 32.3 Å². The number of anilines is 1. The van der Waals surface area contributed by atoms with E-state index >= 15 is 0 Å².